The van der Waals surface area contributed by atoms with Crippen molar-refractivity contribution in [2.45, 2.75) is 59.1 Å². The lowest BCUT2D eigenvalue weighted by Crippen LogP contribution is -2.47. The summed E-state index contributed by atoms with van der Waals surface area (Å²) in [4.78, 5) is 15.1. The number of hydrogen-bond acceptors (Lipinski definition) is 2. The molecule has 2 aromatic carbocycles. The van der Waals surface area contributed by atoms with E-state index in [1.807, 2.05) is 35.2 Å². The first-order valence-electron chi connectivity index (χ1n) is 9.70. The summed E-state index contributed by atoms with van der Waals surface area (Å²) in [6, 6.07) is 14.3. The second-order valence-electron chi connectivity index (χ2n) is 7.92. The van der Waals surface area contributed by atoms with E-state index in [1.165, 1.54) is 11.1 Å². The first kappa shape index (κ1) is 19.9. The van der Waals surface area contributed by atoms with Crippen molar-refractivity contribution in [2.75, 3.05) is 4.90 Å². The van der Waals surface area contributed by atoms with Gasteiger partial charge in [0.1, 0.15) is 6.61 Å². The molecule has 0 saturated heterocycles. The Balaban J connectivity index is 1.96. The minimum atomic E-state index is -0.247. The Morgan fingerprint density at radius 1 is 1.19 bits per heavy atom. The molecule has 0 bridgehead atoms. The molecule has 3 rings (SSSR count). The number of ether oxygens (including phenoxy) is 1. The van der Waals surface area contributed by atoms with Crippen molar-refractivity contribution >= 4 is 27.7 Å². The molecule has 1 atom stereocenters. The van der Waals surface area contributed by atoms with Crippen molar-refractivity contribution in [2.24, 2.45) is 5.92 Å². The summed E-state index contributed by atoms with van der Waals surface area (Å²) in [6.07, 6.45) is 1.70. The summed E-state index contributed by atoms with van der Waals surface area (Å²) in [5.41, 5.74) is 4.48. The molecular formula is C23H28BrNO2. The van der Waals surface area contributed by atoms with Gasteiger partial charge in [0.05, 0.1) is 5.69 Å². The van der Waals surface area contributed by atoms with Gasteiger partial charge in [0.15, 0.2) is 0 Å². The number of halogens is 1. The Morgan fingerprint density at radius 3 is 2.52 bits per heavy atom. The zero-order chi connectivity index (χ0) is 19.6. The van der Waals surface area contributed by atoms with Crippen LogP contribution in [0.2, 0.25) is 0 Å². The second kappa shape index (κ2) is 8.47. The first-order chi connectivity index (χ1) is 12.9. The molecule has 144 valence electrons. The van der Waals surface area contributed by atoms with Crippen molar-refractivity contribution < 1.29 is 9.53 Å². The lowest BCUT2D eigenvalue weighted by molar-refractivity contribution is 0.141. The van der Waals surface area contributed by atoms with Gasteiger partial charge in [-0.15, -0.1) is 0 Å². The minimum absolute atomic E-state index is 0.152. The van der Waals surface area contributed by atoms with Gasteiger partial charge in [-0.25, -0.2) is 4.79 Å². The molecule has 0 aliphatic carbocycles. The fraction of sp³-hybridized carbons (Fsp3) is 0.435. The average molecular weight is 430 g/mol. The van der Waals surface area contributed by atoms with E-state index in [9.17, 15) is 4.79 Å². The molecule has 3 nitrogen and oxygen atoms in total. The van der Waals surface area contributed by atoms with Crippen LogP contribution in [0.15, 0.2) is 46.9 Å². The average Bonchev–Trinajstić information content (AvgIpc) is 2.65. The summed E-state index contributed by atoms with van der Waals surface area (Å²) in [5.74, 6) is 0.692. The monoisotopic (exact) mass is 429 g/mol. The zero-order valence-electron chi connectivity index (χ0n) is 16.5. The molecule has 1 aliphatic rings. The third kappa shape index (κ3) is 4.37. The highest BCUT2D eigenvalue weighted by Crippen LogP contribution is 2.41. The predicted molar refractivity (Wildman–Crippen MR) is 114 cm³/mol. The number of carbonyl (C=O) groups excluding carboxylic acids is 1. The van der Waals surface area contributed by atoms with Crippen LogP contribution in [-0.2, 0) is 17.8 Å². The van der Waals surface area contributed by atoms with Crippen molar-refractivity contribution in [3.05, 3.63) is 63.6 Å². The molecule has 0 radical (unpaired) electrons. The van der Waals surface area contributed by atoms with Gasteiger partial charge in [-0.3, -0.25) is 4.90 Å². The number of nitrogens with zero attached hydrogens (tertiary/aromatic N) is 1. The van der Waals surface area contributed by atoms with E-state index >= 15 is 0 Å². The van der Waals surface area contributed by atoms with E-state index in [1.54, 1.807) is 0 Å². The number of anilines is 1. The largest absolute Gasteiger partial charge is 0.444 e. The van der Waals surface area contributed by atoms with Crippen molar-refractivity contribution in [1.82, 2.24) is 0 Å². The molecular weight excluding hydrogens is 402 g/mol. The van der Waals surface area contributed by atoms with Gasteiger partial charge in [0, 0.05) is 10.5 Å². The van der Waals surface area contributed by atoms with E-state index < -0.39 is 0 Å². The highest BCUT2D eigenvalue weighted by Gasteiger charge is 2.36. The number of fused-ring (bicyclic) bond motifs is 1. The smallest absolute Gasteiger partial charge is 0.414 e. The molecule has 1 unspecified atom stereocenters. The quantitative estimate of drug-likeness (QED) is 0.541. The summed E-state index contributed by atoms with van der Waals surface area (Å²) in [6.45, 7) is 9.01. The highest BCUT2D eigenvalue weighted by molar-refractivity contribution is 9.10. The fourth-order valence-electron chi connectivity index (χ4n) is 3.85. The highest BCUT2D eigenvalue weighted by atomic mass is 79.9. The Morgan fingerprint density at radius 2 is 1.89 bits per heavy atom. The van der Waals surface area contributed by atoms with Gasteiger partial charge in [0.2, 0.25) is 0 Å². The summed E-state index contributed by atoms with van der Waals surface area (Å²) < 4.78 is 6.82. The maximum Gasteiger partial charge on any atom is 0.414 e. The van der Waals surface area contributed by atoms with Crippen LogP contribution in [0.1, 0.15) is 56.7 Å². The van der Waals surface area contributed by atoms with E-state index in [2.05, 4.69) is 55.8 Å². The standard InChI is InChI=1S/C23H28BrNO2/c1-15(2)20-13-19(24)12-18-10-11-21(16(3)4)25(22(18)20)23(26)27-14-17-8-6-5-7-9-17/h5-9,12-13,15-16,21H,10-11,14H2,1-4H3. The van der Waals surface area contributed by atoms with Crippen molar-refractivity contribution in [3.63, 3.8) is 0 Å². The lowest BCUT2D eigenvalue weighted by Gasteiger charge is -2.40. The third-order valence-corrected chi connectivity index (χ3v) is 5.72. The van der Waals surface area contributed by atoms with Gasteiger partial charge in [0.25, 0.3) is 0 Å². The van der Waals surface area contributed by atoms with Gasteiger partial charge in [-0.1, -0.05) is 74.0 Å². The number of benzene rings is 2. The van der Waals surface area contributed by atoms with E-state index in [0.29, 0.717) is 18.4 Å². The molecule has 4 heteroatoms. The number of hydrogen-bond donors (Lipinski definition) is 0. The zero-order valence-corrected chi connectivity index (χ0v) is 18.1. The van der Waals surface area contributed by atoms with Crippen LogP contribution in [0, 0.1) is 5.92 Å². The predicted octanol–water partition coefficient (Wildman–Crippen LogP) is 6.69. The topological polar surface area (TPSA) is 29.5 Å². The van der Waals surface area contributed by atoms with Crippen LogP contribution in [-0.4, -0.2) is 12.1 Å². The number of carbonyl (C=O) groups is 1. The normalized spacial score (nSPS) is 16.6. The van der Waals surface area contributed by atoms with E-state index in [-0.39, 0.29) is 12.1 Å². The Hall–Kier alpha value is -1.81. The molecule has 0 aromatic heterocycles. The van der Waals surface area contributed by atoms with Crippen molar-refractivity contribution in [3.8, 4) is 0 Å². The van der Waals surface area contributed by atoms with Gasteiger partial charge in [-0.05, 0) is 53.5 Å². The first-order valence-corrected chi connectivity index (χ1v) is 10.5. The van der Waals surface area contributed by atoms with Crippen molar-refractivity contribution in [1.29, 1.82) is 0 Å². The molecule has 1 amide bonds. The molecule has 0 saturated carbocycles. The van der Waals surface area contributed by atoms with Crippen LogP contribution in [0.4, 0.5) is 10.5 Å². The minimum Gasteiger partial charge on any atom is -0.444 e. The molecule has 0 fully saturated rings. The summed E-state index contributed by atoms with van der Waals surface area (Å²) in [5, 5.41) is 0. The molecule has 27 heavy (non-hydrogen) atoms. The van der Waals surface area contributed by atoms with Gasteiger partial charge >= 0.3 is 6.09 Å². The van der Waals surface area contributed by atoms with E-state index in [4.69, 9.17) is 4.74 Å². The van der Waals surface area contributed by atoms with Gasteiger partial charge in [-0.2, -0.15) is 0 Å². The van der Waals surface area contributed by atoms with Crippen LogP contribution >= 0.6 is 15.9 Å². The van der Waals surface area contributed by atoms with Gasteiger partial charge < -0.3 is 4.74 Å². The summed E-state index contributed by atoms with van der Waals surface area (Å²) >= 11 is 3.64. The molecule has 1 aliphatic heterocycles. The maximum absolute atomic E-state index is 13.2. The second-order valence-corrected chi connectivity index (χ2v) is 8.83. The van der Waals surface area contributed by atoms with Crippen LogP contribution in [0.25, 0.3) is 0 Å². The maximum atomic E-state index is 13.2. The number of rotatable bonds is 4. The van der Waals surface area contributed by atoms with Crippen LogP contribution in [0.5, 0.6) is 0 Å². The Kier molecular flexibility index (Phi) is 6.25. The number of aryl methyl sites for hydroxylation is 1. The Bertz CT molecular complexity index is 802. The molecule has 2 aromatic rings. The molecule has 0 spiro atoms. The SMILES string of the molecule is CC(C)c1cc(Br)cc2c1N(C(=O)OCc1ccccc1)C(C(C)C)CC2. The lowest BCUT2D eigenvalue weighted by atomic mass is 9.86. The fourth-order valence-corrected chi connectivity index (χ4v) is 4.37. The summed E-state index contributed by atoms with van der Waals surface area (Å²) in [7, 11) is 0. The third-order valence-electron chi connectivity index (χ3n) is 5.26. The molecule has 1 heterocycles. The van der Waals surface area contributed by atoms with E-state index in [0.717, 1.165) is 28.6 Å². The Labute approximate surface area is 170 Å². The molecule has 0 N–H and O–H groups in total. The van der Waals surface area contributed by atoms with Crippen LogP contribution in [0.3, 0.4) is 0 Å². The number of amides is 1. The van der Waals surface area contributed by atoms with Crippen LogP contribution < -0.4 is 4.90 Å².